The van der Waals surface area contributed by atoms with E-state index in [0.717, 1.165) is 22.6 Å². The monoisotopic (exact) mass is 346 g/mol. The fraction of sp³-hybridized carbons (Fsp3) is 0.278. The normalized spacial score (nSPS) is 14.6. The highest BCUT2D eigenvalue weighted by molar-refractivity contribution is 6.31. The van der Waals surface area contributed by atoms with Crippen molar-refractivity contribution >= 4 is 23.4 Å². The zero-order chi connectivity index (χ0) is 17.1. The minimum absolute atomic E-state index is 0.527. The summed E-state index contributed by atoms with van der Waals surface area (Å²) in [6.07, 6.45) is -0.849. The molecule has 0 bridgehead atoms. The molecule has 1 fully saturated rings. The third-order valence-corrected chi connectivity index (χ3v) is 4.49. The topological polar surface area (TPSA) is 53.0 Å². The van der Waals surface area contributed by atoms with Crippen molar-refractivity contribution in [3.63, 3.8) is 0 Å². The number of amides is 1. The zero-order valence-electron chi connectivity index (χ0n) is 13.4. The van der Waals surface area contributed by atoms with Crippen LogP contribution in [0.2, 0.25) is 5.02 Å². The maximum absolute atomic E-state index is 11.0. The molecule has 0 radical (unpaired) electrons. The van der Waals surface area contributed by atoms with Crippen molar-refractivity contribution < 1.29 is 14.6 Å². The van der Waals surface area contributed by atoms with Crippen LogP contribution >= 0.6 is 11.6 Å². The summed E-state index contributed by atoms with van der Waals surface area (Å²) in [5.41, 5.74) is 3.07. The quantitative estimate of drug-likeness (QED) is 0.918. The summed E-state index contributed by atoms with van der Waals surface area (Å²) < 4.78 is 5.41. The van der Waals surface area contributed by atoms with Crippen molar-refractivity contribution in [3.05, 3.63) is 47.5 Å². The maximum Gasteiger partial charge on any atom is 0.407 e. The van der Waals surface area contributed by atoms with E-state index >= 15 is 0 Å². The van der Waals surface area contributed by atoms with Crippen LogP contribution in [0, 0.1) is 0 Å². The van der Waals surface area contributed by atoms with Crippen LogP contribution in [-0.4, -0.2) is 49.4 Å². The van der Waals surface area contributed by atoms with Crippen molar-refractivity contribution in [3.8, 4) is 16.9 Å². The first kappa shape index (κ1) is 16.5. The first-order chi connectivity index (χ1) is 11.6. The van der Waals surface area contributed by atoms with E-state index in [0.29, 0.717) is 31.2 Å². The summed E-state index contributed by atoms with van der Waals surface area (Å²) in [7, 11) is 1.64. The molecule has 24 heavy (non-hydrogen) atoms. The zero-order valence-corrected chi connectivity index (χ0v) is 14.2. The van der Waals surface area contributed by atoms with Gasteiger partial charge in [0.05, 0.1) is 7.11 Å². The lowest BCUT2D eigenvalue weighted by molar-refractivity contribution is 0.142. The number of carbonyl (C=O) groups is 1. The number of nitrogens with zero attached hydrogens (tertiary/aromatic N) is 2. The Bertz CT molecular complexity index is 726. The van der Waals surface area contributed by atoms with E-state index in [4.69, 9.17) is 21.4 Å². The fourth-order valence-corrected chi connectivity index (χ4v) is 3.09. The van der Waals surface area contributed by atoms with Gasteiger partial charge in [0, 0.05) is 42.5 Å². The Hall–Kier alpha value is -2.40. The van der Waals surface area contributed by atoms with Crippen LogP contribution in [0.1, 0.15) is 0 Å². The van der Waals surface area contributed by atoms with Gasteiger partial charge in [-0.2, -0.15) is 0 Å². The van der Waals surface area contributed by atoms with E-state index in [-0.39, 0.29) is 0 Å². The molecule has 0 aromatic heterocycles. The molecular weight excluding hydrogens is 328 g/mol. The smallest absolute Gasteiger partial charge is 0.407 e. The third-order valence-electron chi connectivity index (χ3n) is 4.26. The second-order valence-electron chi connectivity index (χ2n) is 5.65. The summed E-state index contributed by atoms with van der Waals surface area (Å²) in [5, 5.41) is 9.68. The van der Waals surface area contributed by atoms with E-state index < -0.39 is 6.09 Å². The second-order valence-corrected chi connectivity index (χ2v) is 6.08. The SMILES string of the molecule is COc1ccc(Cl)cc1-c1ccc(N2CCN(C(=O)O)CC2)cc1. The molecule has 0 atom stereocenters. The number of anilines is 1. The molecule has 126 valence electrons. The Labute approximate surface area is 146 Å². The molecule has 2 aromatic carbocycles. The molecule has 1 aliphatic heterocycles. The van der Waals surface area contributed by atoms with E-state index in [1.54, 1.807) is 13.2 Å². The standard InChI is InChI=1S/C18H19ClN2O3/c1-24-17-7-4-14(19)12-16(17)13-2-5-15(6-3-13)20-8-10-21(11-9-20)18(22)23/h2-7,12H,8-11H2,1H3,(H,22,23). The first-order valence-corrected chi connectivity index (χ1v) is 8.13. The lowest BCUT2D eigenvalue weighted by atomic mass is 10.0. The number of ether oxygens (including phenoxy) is 1. The van der Waals surface area contributed by atoms with Gasteiger partial charge in [-0.15, -0.1) is 0 Å². The molecular formula is C18H19ClN2O3. The number of benzene rings is 2. The molecule has 1 amide bonds. The molecule has 0 aliphatic carbocycles. The van der Waals surface area contributed by atoms with Crippen molar-refractivity contribution in [1.82, 2.24) is 4.90 Å². The van der Waals surface area contributed by atoms with Crippen molar-refractivity contribution in [2.75, 3.05) is 38.2 Å². The van der Waals surface area contributed by atoms with Crippen molar-refractivity contribution in [1.29, 1.82) is 0 Å². The lowest BCUT2D eigenvalue weighted by Gasteiger charge is -2.34. The molecule has 1 saturated heterocycles. The van der Waals surface area contributed by atoms with Gasteiger partial charge in [-0.05, 0) is 35.9 Å². The molecule has 0 saturated carbocycles. The molecule has 0 unspecified atom stereocenters. The van der Waals surface area contributed by atoms with Gasteiger partial charge in [0.25, 0.3) is 0 Å². The molecule has 5 nitrogen and oxygen atoms in total. The molecule has 1 aliphatic rings. The van der Waals surface area contributed by atoms with E-state index in [2.05, 4.69) is 4.90 Å². The summed E-state index contributed by atoms with van der Waals surface area (Å²) >= 11 is 6.10. The predicted molar refractivity (Wildman–Crippen MR) is 95.3 cm³/mol. The van der Waals surface area contributed by atoms with Crippen molar-refractivity contribution in [2.24, 2.45) is 0 Å². The van der Waals surface area contributed by atoms with E-state index in [1.165, 1.54) is 4.90 Å². The number of carboxylic acid groups (broad SMARTS) is 1. The van der Waals surface area contributed by atoms with Crippen LogP contribution in [0.15, 0.2) is 42.5 Å². The Morgan fingerprint density at radius 2 is 1.75 bits per heavy atom. The highest BCUT2D eigenvalue weighted by atomic mass is 35.5. The average molecular weight is 347 g/mol. The Morgan fingerprint density at radius 1 is 1.08 bits per heavy atom. The van der Waals surface area contributed by atoms with E-state index in [9.17, 15) is 4.79 Å². The van der Waals surface area contributed by atoms with Gasteiger partial charge in [0.15, 0.2) is 0 Å². The maximum atomic E-state index is 11.0. The van der Waals surface area contributed by atoms with Gasteiger partial charge in [0.1, 0.15) is 5.75 Å². The summed E-state index contributed by atoms with van der Waals surface area (Å²) in [4.78, 5) is 14.6. The van der Waals surface area contributed by atoms with Gasteiger partial charge < -0.3 is 19.6 Å². The summed E-state index contributed by atoms with van der Waals surface area (Å²) in [6, 6.07) is 13.7. The second kappa shape index (κ2) is 7.01. The molecule has 2 aromatic rings. The summed E-state index contributed by atoms with van der Waals surface area (Å²) in [5.74, 6) is 0.780. The molecule has 3 rings (SSSR count). The highest BCUT2D eigenvalue weighted by Crippen LogP contribution is 2.33. The number of halogens is 1. The van der Waals surface area contributed by atoms with Gasteiger partial charge in [-0.1, -0.05) is 23.7 Å². The van der Waals surface area contributed by atoms with Gasteiger partial charge in [0.2, 0.25) is 0 Å². The number of rotatable bonds is 3. The van der Waals surface area contributed by atoms with Crippen LogP contribution in [0.4, 0.5) is 10.5 Å². The summed E-state index contributed by atoms with van der Waals surface area (Å²) in [6.45, 7) is 2.46. The number of piperazine rings is 1. The minimum Gasteiger partial charge on any atom is -0.496 e. The highest BCUT2D eigenvalue weighted by Gasteiger charge is 2.20. The number of methoxy groups -OCH3 is 1. The molecule has 1 heterocycles. The fourth-order valence-electron chi connectivity index (χ4n) is 2.91. The predicted octanol–water partition coefficient (Wildman–Crippen LogP) is 3.82. The lowest BCUT2D eigenvalue weighted by Crippen LogP contribution is -2.48. The van der Waals surface area contributed by atoms with Crippen LogP contribution in [0.25, 0.3) is 11.1 Å². The van der Waals surface area contributed by atoms with Gasteiger partial charge in [-0.3, -0.25) is 0 Å². The largest absolute Gasteiger partial charge is 0.496 e. The number of hydrogen-bond donors (Lipinski definition) is 1. The van der Waals surface area contributed by atoms with E-state index in [1.807, 2.05) is 36.4 Å². The van der Waals surface area contributed by atoms with Crippen LogP contribution in [-0.2, 0) is 0 Å². The number of hydrogen-bond acceptors (Lipinski definition) is 3. The van der Waals surface area contributed by atoms with Gasteiger partial charge >= 0.3 is 6.09 Å². The molecule has 0 spiro atoms. The molecule has 6 heteroatoms. The van der Waals surface area contributed by atoms with Crippen molar-refractivity contribution in [2.45, 2.75) is 0 Å². The van der Waals surface area contributed by atoms with Crippen LogP contribution < -0.4 is 9.64 Å². The van der Waals surface area contributed by atoms with Crippen LogP contribution in [0.3, 0.4) is 0 Å². The minimum atomic E-state index is -0.849. The van der Waals surface area contributed by atoms with Gasteiger partial charge in [-0.25, -0.2) is 4.79 Å². The average Bonchev–Trinajstić information content (AvgIpc) is 2.62. The Balaban J connectivity index is 1.77. The Morgan fingerprint density at radius 3 is 2.33 bits per heavy atom. The van der Waals surface area contributed by atoms with Crippen LogP contribution in [0.5, 0.6) is 5.75 Å². The first-order valence-electron chi connectivity index (χ1n) is 7.75. The third kappa shape index (κ3) is 3.41. The molecule has 1 N–H and O–H groups in total. The Kier molecular flexibility index (Phi) is 4.81.